The van der Waals surface area contributed by atoms with Gasteiger partial charge in [0.2, 0.25) is 0 Å². The minimum Gasteiger partial charge on any atom is -0.369 e. The average molecular weight is 446 g/mol. The van der Waals surface area contributed by atoms with Crippen LogP contribution in [0, 0.1) is 13.8 Å². The van der Waals surface area contributed by atoms with E-state index in [0.29, 0.717) is 23.5 Å². The zero-order chi connectivity index (χ0) is 23.4. The van der Waals surface area contributed by atoms with E-state index >= 15 is 0 Å². The number of carbonyl (C=O) groups excluding carboxylic acids is 2. The summed E-state index contributed by atoms with van der Waals surface area (Å²) in [5, 5.41) is 7.33. The fourth-order valence-corrected chi connectivity index (χ4v) is 4.41. The number of piperazine rings is 1. The number of rotatable bonds is 7. The van der Waals surface area contributed by atoms with Gasteiger partial charge in [0.25, 0.3) is 11.7 Å². The highest BCUT2D eigenvalue weighted by atomic mass is 16.2. The molecule has 2 heterocycles. The van der Waals surface area contributed by atoms with Gasteiger partial charge in [0.1, 0.15) is 0 Å². The van der Waals surface area contributed by atoms with Crippen molar-refractivity contribution in [3.8, 4) is 5.69 Å². The summed E-state index contributed by atoms with van der Waals surface area (Å²) in [5.41, 5.74) is 3.71. The number of aromatic nitrogens is 2. The molecule has 3 aromatic rings. The molecule has 1 atom stereocenters. The second-order valence-electron chi connectivity index (χ2n) is 8.54. The number of amides is 1. The Hall–Kier alpha value is -3.45. The number of hydrogen-bond donors (Lipinski definition) is 1. The van der Waals surface area contributed by atoms with Crippen LogP contribution in [0.2, 0.25) is 0 Å². The molecule has 1 unspecified atom stereocenters. The van der Waals surface area contributed by atoms with Crippen LogP contribution in [0.3, 0.4) is 0 Å². The van der Waals surface area contributed by atoms with E-state index in [1.54, 1.807) is 11.6 Å². The molecule has 33 heavy (non-hydrogen) atoms. The number of hydrogen-bond acceptors (Lipinski definition) is 5. The highest BCUT2D eigenvalue weighted by molar-refractivity contribution is 6.43. The standard InChI is InChI=1S/C26H31N5O2/c1-19(29-14-16-30(17-15-29)22-10-6-4-7-11-22)18-27-26(33)25(32)24-20(2)28-31(21(24)3)23-12-8-5-9-13-23/h4-13,19H,14-18H2,1-3H3,(H,27,33). The van der Waals surface area contributed by atoms with Crippen molar-refractivity contribution in [1.29, 1.82) is 0 Å². The molecule has 4 rings (SSSR count). The molecule has 0 saturated carbocycles. The van der Waals surface area contributed by atoms with Crippen molar-refractivity contribution in [2.45, 2.75) is 26.8 Å². The van der Waals surface area contributed by atoms with E-state index in [1.165, 1.54) is 5.69 Å². The molecule has 1 fully saturated rings. The van der Waals surface area contributed by atoms with Gasteiger partial charge in [-0.1, -0.05) is 36.4 Å². The van der Waals surface area contributed by atoms with Crippen molar-refractivity contribution in [1.82, 2.24) is 20.0 Å². The van der Waals surface area contributed by atoms with Crippen LogP contribution in [0.4, 0.5) is 5.69 Å². The Balaban J connectivity index is 1.33. The number of anilines is 1. The van der Waals surface area contributed by atoms with E-state index in [4.69, 9.17) is 0 Å². The predicted molar refractivity (Wildman–Crippen MR) is 130 cm³/mol. The fraction of sp³-hybridized carbons (Fsp3) is 0.346. The maximum atomic E-state index is 12.9. The number of nitrogens with one attached hydrogen (secondary N) is 1. The second kappa shape index (κ2) is 10.0. The second-order valence-corrected chi connectivity index (χ2v) is 8.54. The number of aryl methyl sites for hydroxylation is 1. The third-order valence-electron chi connectivity index (χ3n) is 6.34. The fourth-order valence-electron chi connectivity index (χ4n) is 4.41. The highest BCUT2D eigenvalue weighted by Crippen LogP contribution is 2.19. The molecule has 2 aromatic carbocycles. The number of benzene rings is 2. The number of Topliss-reactive ketones (excluding diaryl/α,β-unsaturated/α-hetero) is 1. The monoisotopic (exact) mass is 445 g/mol. The maximum absolute atomic E-state index is 12.9. The van der Waals surface area contributed by atoms with Crippen molar-refractivity contribution in [2.24, 2.45) is 0 Å². The normalized spacial score (nSPS) is 15.3. The van der Waals surface area contributed by atoms with Gasteiger partial charge in [-0.05, 0) is 45.0 Å². The Morgan fingerprint density at radius 1 is 0.909 bits per heavy atom. The van der Waals surface area contributed by atoms with Crippen LogP contribution >= 0.6 is 0 Å². The summed E-state index contributed by atoms with van der Waals surface area (Å²) in [6.07, 6.45) is 0. The van der Waals surface area contributed by atoms with Gasteiger partial charge in [0.05, 0.1) is 22.6 Å². The molecule has 1 saturated heterocycles. The molecular formula is C26H31N5O2. The van der Waals surface area contributed by atoms with Crippen LogP contribution in [0.1, 0.15) is 28.7 Å². The van der Waals surface area contributed by atoms with Crippen LogP contribution in [0.15, 0.2) is 60.7 Å². The third kappa shape index (κ3) is 4.98. The van der Waals surface area contributed by atoms with Crippen LogP contribution < -0.4 is 10.2 Å². The lowest BCUT2D eigenvalue weighted by Gasteiger charge is -2.39. The van der Waals surface area contributed by atoms with Crippen LogP contribution in [0.25, 0.3) is 5.69 Å². The number of para-hydroxylation sites is 2. The van der Waals surface area contributed by atoms with Crippen molar-refractivity contribution in [3.05, 3.63) is 77.6 Å². The minimum absolute atomic E-state index is 0.147. The summed E-state index contributed by atoms with van der Waals surface area (Å²) in [5.74, 6) is -1.11. The smallest absolute Gasteiger partial charge is 0.292 e. The van der Waals surface area contributed by atoms with Gasteiger partial charge in [-0.15, -0.1) is 0 Å². The molecule has 0 radical (unpaired) electrons. The Morgan fingerprint density at radius 3 is 2.09 bits per heavy atom. The molecule has 1 N–H and O–H groups in total. The van der Waals surface area contributed by atoms with Crippen molar-refractivity contribution in [2.75, 3.05) is 37.6 Å². The minimum atomic E-state index is -0.580. The Morgan fingerprint density at radius 2 is 1.48 bits per heavy atom. The van der Waals surface area contributed by atoms with Gasteiger partial charge in [-0.25, -0.2) is 4.68 Å². The van der Waals surface area contributed by atoms with E-state index in [1.807, 2.05) is 43.3 Å². The van der Waals surface area contributed by atoms with E-state index in [-0.39, 0.29) is 6.04 Å². The molecule has 7 nitrogen and oxygen atoms in total. The largest absolute Gasteiger partial charge is 0.369 e. The SMILES string of the molecule is Cc1nn(-c2ccccc2)c(C)c1C(=O)C(=O)NCC(C)N1CCN(c2ccccc2)CC1. The Labute approximate surface area is 195 Å². The third-order valence-corrected chi connectivity index (χ3v) is 6.34. The molecule has 172 valence electrons. The topological polar surface area (TPSA) is 70.5 Å². The highest BCUT2D eigenvalue weighted by Gasteiger charge is 2.26. The summed E-state index contributed by atoms with van der Waals surface area (Å²) in [4.78, 5) is 30.4. The Kier molecular flexibility index (Phi) is 6.89. The van der Waals surface area contributed by atoms with E-state index in [2.05, 4.69) is 51.4 Å². The predicted octanol–water partition coefficient (Wildman–Crippen LogP) is 3.00. The average Bonchev–Trinajstić information content (AvgIpc) is 3.16. The van der Waals surface area contributed by atoms with E-state index < -0.39 is 11.7 Å². The first-order valence-corrected chi connectivity index (χ1v) is 11.4. The van der Waals surface area contributed by atoms with Crippen LogP contribution in [-0.2, 0) is 4.79 Å². The number of carbonyl (C=O) groups is 2. The first-order chi connectivity index (χ1) is 16.0. The summed E-state index contributed by atoms with van der Waals surface area (Å²) < 4.78 is 1.71. The molecule has 1 aliphatic rings. The molecule has 7 heteroatoms. The van der Waals surface area contributed by atoms with E-state index in [0.717, 1.165) is 31.9 Å². The van der Waals surface area contributed by atoms with Gasteiger partial charge in [0, 0.05) is 44.5 Å². The summed E-state index contributed by atoms with van der Waals surface area (Å²) in [7, 11) is 0. The molecular weight excluding hydrogens is 414 g/mol. The molecule has 1 aliphatic heterocycles. The molecule has 0 aliphatic carbocycles. The number of nitrogens with zero attached hydrogens (tertiary/aromatic N) is 4. The zero-order valence-electron chi connectivity index (χ0n) is 19.5. The lowest BCUT2D eigenvalue weighted by Crippen LogP contribution is -2.52. The van der Waals surface area contributed by atoms with Crippen molar-refractivity contribution >= 4 is 17.4 Å². The van der Waals surface area contributed by atoms with Crippen LogP contribution in [-0.4, -0.2) is 65.1 Å². The molecule has 0 bridgehead atoms. The zero-order valence-corrected chi connectivity index (χ0v) is 19.5. The number of ketones is 1. The van der Waals surface area contributed by atoms with Crippen molar-refractivity contribution < 1.29 is 9.59 Å². The molecule has 1 aromatic heterocycles. The lowest BCUT2D eigenvalue weighted by molar-refractivity contribution is -0.117. The van der Waals surface area contributed by atoms with Crippen LogP contribution in [0.5, 0.6) is 0 Å². The molecule has 0 spiro atoms. The maximum Gasteiger partial charge on any atom is 0.292 e. The van der Waals surface area contributed by atoms with E-state index in [9.17, 15) is 9.59 Å². The molecule has 1 amide bonds. The van der Waals surface area contributed by atoms with Crippen molar-refractivity contribution in [3.63, 3.8) is 0 Å². The Bertz CT molecular complexity index is 1100. The van der Waals surface area contributed by atoms with Gasteiger partial charge in [-0.3, -0.25) is 14.5 Å². The van der Waals surface area contributed by atoms with Gasteiger partial charge >= 0.3 is 0 Å². The van der Waals surface area contributed by atoms with Gasteiger partial charge in [-0.2, -0.15) is 5.10 Å². The summed E-state index contributed by atoms with van der Waals surface area (Å²) in [6.45, 7) is 9.83. The first kappa shape index (κ1) is 22.7. The summed E-state index contributed by atoms with van der Waals surface area (Å²) >= 11 is 0. The quantitative estimate of drug-likeness (QED) is 0.447. The van der Waals surface area contributed by atoms with Gasteiger partial charge in [0.15, 0.2) is 0 Å². The lowest BCUT2D eigenvalue weighted by atomic mass is 10.1. The van der Waals surface area contributed by atoms with Gasteiger partial charge < -0.3 is 10.2 Å². The summed E-state index contributed by atoms with van der Waals surface area (Å²) in [6, 6.07) is 20.2. The first-order valence-electron chi connectivity index (χ1n) is 11.4.